The van der Waals surface area contributed by atoms with E-state index < -0.39 is 5.97 Å². The van der Waals surface area contributed by atoms with Gasteiger partial charge in [-0.3, -0.25) is 0 Å². The van der Waals surface area contributed by atoms with Gasteiger partial charge >= 0.3 is 5.97 Å². The summed E-state index contributed by atoms with van der Waals surface area (Å²) >= 11 is 0. The molecule has 38 heavy (non-hydrogen) atoms. The van der Waals surface area contributed by atoms with E-state index in [0.717, 1.165) is 39.1 Å². The molecule has 0 saturated heterocycles. The minimum absolute atomic E-state index is 0.245. The molecule has 0 saturated carbocycles. The van der Waals surface area contributed by atoms with Crippen LogP contribution in [0.1, 0.15) is 45.5 Å². The Balaban J connectivity index is 1.37. The topological polar surface area (TPSA) is 127 Å². The normalized spacial score (nSPS) is 10.9. The van der Waals surface area contributed by atoms with Gasteiger partial charge in [-0.15, -0.1) is 10.2 Å². The Morgan fingerprint density at radius 1 is 0.947 bits per heavy atom. The van der Waals surface area contributed by atoms with E-state index in [4.69, 9.17) is 4.74 Å². The summed E-state index contributed by atoms with van der Waals surface area (Å²) in [6.45, 7) is 4.26. The largest absolute Gasteiger partial charge is 0.478 e. The first-order valence-corrected chi connectivity index (χ1v) is 12.3. The van der Waals surface area contributed by atoms with Gasteiger partial charge in [0.05, 0.1) is 5.56 Å². The van der Waals surface area contributed by atoms with Crippen LogP contribution in [0.5, 0.6) is 5.88 Å². The molecule has 0 unspecified atom stereocenters. The third kappa shape index (κ3) is 5.41. The molecular formula is C29H26N6O3. The highest BCUT2D eigenvalue weighted by Gasteiger charge is 2.15. The van der Waals surface area contributed by atoms with Crippen molar-refractivity contribution < 1.29 is 14.6 Å². The number of H-pyrrole nitrogens is 1. The number of carboxylic acids is 1. The van der Waals surface area contributed by atoms with Crippen molar-refractivity contribution in [3.8, 4) is 28.4 Å². The first kappa shape index (κ1) is 24.8. The van der Waals surface area contributed by atoms with Crippen LogP contribution in [-0.2, 0) is 19.4 Å². The van der Waals surface area contributed by atoms with E-state index in [2.05, 4.69) is 30.6 Å². The Morgan fingerprint density at radius 3 is 2.45 bits per heavy atom. The van der Waals surface area contributed by atoms with Crippen LogP contribution < -0.4 is 4.74 Å². The molecule has 2 N–H and O–H groups in total. The molecule has 0 atom stereocenters. The van der Waals surface area contributed by atoms with Gasteiger partial charge in [-0.05, 0) is 46.5 Å². The van der Waals surface area contributed by atoms with E-state index in [0.29, 0.717) is 37.0 Å². The van der Waals surface area contributed by atoms with Crippen molar-refractivity contribution in [2.24, 2.45) is 0 Å². The second-order valence-corrected chi connectivity index (χ2v) is 8.81. The Kier molecular flexibility index (Phi) is 7.17. The van der Waals surface area contributed by atoms with Crippen LogP contribution in [0.3, 0.4) is 0 Å². The smallest absolute Gasteiger partial charge is 0.335 e. The first-order chi connectivity index (χ1) is 18.5. The summed E-state index contributed by atoms with van der Waals surface area (Å²) < 4.78 is 6.22. The highest BCUT2D eigenvalue weighted by Crippen LogP contribution is 2.30. The lowest BCUT2D eigenvalue weighted by molar-refractivity contribution is 0.0696. The molecule has 5 rings (SSSR count). The SMILES string of the molecule is CCc1nc(C)c(Cc2cccc(C(=O)O)c2)c(OCc2ccc(-c3ccccc3-c3nn[nH]n3)cc2)n1. The molecule has 2 heterocycles. The van der Waals surface area contributed by atoms with Crippen LogP contribution in [0.4, 0.5) is 0 Å². The minimum Gasteiger partial charge on any atom is -0.478 e. The second-order valence-electron chi connectivity index (χ2n) is 8.81. The highest BCUT2D eigenvalue weighted by atomic mass is 16.5. The Labute approximate surface area is 219 Å². The number of benzene rings is 3. The number of nitrogens with zero attached hydrogens (tertiary/aromatic N) is 5. The van der Waals surface area contributed by atoms with Gasteiger partial charge in [0, 0.05) is 29.7 Å². The lowest BCUT2D eigenvalue weighted by atomic mass is 9.98. The van der Waals surface area contributed by atoms with E-state index >= 15 is 0 Å². The zero-order chi connectivity index (χ0) is 26.5. The molecule has 0 aliphatic carbocycles. The van der Waals surface area contributed by atoms with Gasteiger partial charge in [0.15, 0.2) is 0 Å². The molecule has 0 aliphatic heterocycles. The number of hydrogen-bond donors (Lipinski definition) is 2. The van der Waals surface area contributed by atoms with Gasteiger partial charge < -0.3 is 9.84 Å². The Bertz CT molecular complexity index is 1570. The summed E-state index contributed by atoms with van der Waals surface area (Å²) in [5.74, 6) is 0.803. The van der Waals surface area contributed by atoms with E-state index in [1.54, 1.807) is 18.2 Å². The van der Waals surface area contributed by atoms with Gasteiger partial charge in [-0.25, -0.2) is 9.78 Å². The monoisotopic (exact) mass is 506 g/mol. The standard InChI is InChI=1S/C29H26N6O3/c1-3-26-30-18(2)25(16-20-7-6-8-22(15-20)29(36)37)28(31-26)38-17-19-11-13-21(14-12-19)23-9-4-5-10-24(23)27-32-34-35-33-27/h4-15H,3,16-17H2,1-2H3,(H,36,37)(H,32,33,34,35). The van der Waals surface area contributed by atoms with Crippen molar-refractivity contribution in [1.29, 1.82) is 0 Å². The van der Waals surface area contributed by atoms with Gasteiger partial charge in [0.25, 0.3) is 0 Å². The predicted octanol–water partition coefficient (Wildman–Crippen LogP) is 5.06. The highest BCUT2D eigenvalue weighted by molar-refractivity contribution is 5.87. The zero-order valence-electron chi connectivity index (χ0n) is 21.0. The summed E-state index contributed by atoms with van der Waals surface area (Å²) in [4.78, 5) is 20.7. The van der Waals surface area contributed by atoms with Crippen LogP contribution in [0.25, 0.3) is 22.5 Å². The predicted molar refractivity (Wildman–Crippen MR) is 142 cm³/mol. The third-order valence-corrected chi connectivity index (χ3v) is 6.25. The number of rotatable bonds is 9. The molecule has 0 spiro atoms. The van der Waals surface area contributed by atoms with E-state index in [-0.39, 0.29) is 5.56 Å². The molecule has 0 amide bonds. The molecule has 5 aromatic rings. The number of ether oxygens (including phenoxy) is 1. The first-order valence-electron chi connectivity index (χ1n) is 12.3. The van der Waals surface area contributed by atoms with Gasteiger partial charge in [-0.1, -0.05) is 67.6 Å². The fourth-order valence-electron chi connectivity index (χ4n) is 4.26. The number of aromatic carboxylic acids is 1. The summed E-state index contributed by atoms with van der Waals surface area (Å²) in [5, 5.41) is 23.8. The van der Waals surface area contributed by atoms with Crippen LogP contribution in [0, 0.1) is 6.92 Å². The molecule has 2 aromatic heterocycles. The van der Waals surface area contributed by atoms with Crippen molar-refractivity contribution in [1.82, 2.24) is 30.6 Å². The molecule has 0 bridgehead atoms. The third-order valence-electron chi connectivity index (χ3n) is 6.25. The second kappa shape index (κ2) is 11.0. The van der Waals surface area contributed by atoms with Crippen LogP contribution in [0.2, 0.25) is 0 Å². The van der Waals surface area contributed by atoms with Crippen LogP contribution in [0.15, 0.2) is 72.8 Å². The lowest BCUT2D eigenvalue weighted by Crippen LogP contribution is -2.08. The summed E-state index contributed by atoms with van der Waals surface area (Å²) in [6.07, 6.45) is 1.15. The molecule has 3 aromatic carbocycles. The quantitative estimate of drug-likeness (QED) is 0.284. The van der Waals surface area contributed by atoms with E-state index in [1.165, 1.54) is 0 Å². The van der Waals surface area contributed by atoms with Crippen LogP contribution >= 0.6 is 0 Å². The molecule has 9 heteroatoms. The molecule has 0 fully saturated rings. The number of nitrogens with one attached hydrogen (secondary N) is 1. The van der Waals surface area contributed by atoms with Crippen molar-refractivity contribution in [3.05, 3.63) is 107 Å². The van der Waals surface area contributed by atoms with Crippen LogP contribution in [-0.4, -0.2) is 41.7 Å². The van der Waals surface area contributed by atoms with Gasteiger partial charge in [0.2, 0.25) is 11.7 Å². The van der Waals surface area contributed by atoms with Crippen molar-refractivity contribution in [2.75, 3.05) is 0 Å². The van der Waals surface area contributed by atoms with Gasteiger partial charge in [-0.2, -0.15) is 10.2 Å². The fourth-order valence-corrected chi connectivity index (χ4v) is 4.26. The summed E-state index contributed by atoms with van der Waals surface area (Å²) in [6, 6.07) is 22.9. The minimum atomic E-state index is -0.957. The zero-order valence-corrected chi connectivity index (χ0v) is 21.0. The number of aromatic nitrogens is 6. The van der Waals surface area contributed by atoms with Crippen molar-refractivity contribution >= 4 is 5.97 Å². The van der Waals surface area contributed by atoms with E-state index in [1.807, 2.05) is 68.4 Å². The van der Waals surface area contributed by atoms with E-state index in [9.17, 15) is 9.90 Å². The fraction of sp³-hybridized carbons (Fsp3) is 0.172. The lowest BCUT2D eigenvalue weighted by Gasteiger charge is -2.15. The maximum Gasteiger partial charge on any atom is 0.335 e. The number of tetrazole rings is 1. The molecule has 0 aliphatic rings. The van der Waals surface area contributed by atoms with Crippen molar-refractivity contribution in [2.45, 2.75) is 33.3 Å². The summed E-state index contributed by atoms with van der Waals surface area (Å²) in [7, 11) is 0. The maximum atomic E-state index is 11.4. The number of hydrogen-bond acceptors (Lipinski definition) is 7. The Hall–Kier alpha value is -4.92. The average Bonchev–Trinajstić information content (AvgIpc) is 3.49. The number of carboxylic acid groups (broad SMARTS) is 1. The molecule has 9 nitrogen and oxygen atoms in total. The molecular weight excluding hydrogens is 480 g/mol. The Morgan fingerprint density at radius 2 is 1.74 bits per heavy atom. The number of aryl methyl sites for hydroxylation is 2. The maximum absolute atomic E-state index is 11.4. The molecule has 0 radical (unpaired) electrons. The summed E-state index contributed by atoms with van der Waals surface area (Å²) in [5.41, 5.74) is 6.68. The molecule has 190 valence electrons. The van der Waals surface area contributed by atoms with Crippen molar-refractivity contribution in [3.63, 3.8) is 0 Å². The number of aromatic amines is 1. The number of carbonyl (C=O) groups is 1. The average molecular weight is 507 g/mol. The van der Waals surface area contributed by atoms with Gasteiger partial charge in [0.1, 0.15) is 12.4 Å².